The summed E-state index contributed by atoms with van der Waals surface area (Å²) in [5, 5.41) is 0. The number of hydrogen-bond donors (Lipinski definition) is 0. The summed E-state index contributed by atoms with van der Waals surface area (Å²) in [5.74, 6) is 1.76. The molecule has 0 saturated carbocycles. The van der Waals surface area contributed by atoms with Gasteiger partial charge in [-0.1, -0.05) is 18.2 Å². The highest BCUT2D eigenvalue weighted by Gasteiger charge is 2.18. The van der Waals surface area contributed by atoms with Crippen molar-refractivity contribution in [3.8, 4) is 11.5 Å². The van der Waals surface area contributed by atoms with Gasteiger partial charge in [0.2, 0.25) is 0 Å². The van der Waals surface area contributed by atoms with Crippen LogP contribution in [0.4, 0.5) is 5.69 Å². The SMILES string of the molecule is Cc1cccc(N2CCN(Cc3ccc4c(c3)OCCO4)CC2)c1. The van der Waals surface area contributed by atoms with Gasteiger partial charge in [-0.25, -0.2) is 0 Å². The maximum absolute atomic E-state index is 5.69. The van der Waals surface area contributed by atoms with Crippen molar-refractivity contribution in [2.24, 2.45) is 0 Å². The third kappa shape index (κ3) is 3.34. The van der Waals surface area contributed by atoms with E-state index in [0.29, 0.717) is 13.2 Å². The van der Waals surface area contributed by atoms with Crippen molar-refractivity contribution in [2.45, 2.75) is 13.5 Å². The Kier molecular flexibility index (Phi) is 4.30. The summed E-state index contributed by atoms with van der Waals surface area (Å²) in [6.45, 7) is 8.74. The Labute approximate surface area is 143 Å². The Morgan fingerprint density at radius 1 is 0.875 bits per heavy atom. The van der Waals surface area contributed by atoms with Gasteiger partial charge in [-0.2, -0.15) is 0 Å². The Morgan fingerprint density at radius 2 is 1.67 bits per heavy atom. The summed E-state index contributed by atoms with van der Waals surface area (Å²) < 4.78 is 11.3. The molecule has 2 aromatic carbocycles. The van der Waals surface area contributed by atoms with Crippen LogP contribution in [-0.4, -0.2) is 44.3 Å². The van der Waals surface area contributed by atoms with E-state index in [9.17, 15) is 0 Å². The van der Waals surface area contributed by atoms with E-state index >= 15 is 0 Å². The van der Waals surface area contributed by atoms with Crippen molar-refractivity contribution in [1.82, 2.24) is 4.90 Å². The second-order valence-corrected chi connectivity index (χ2v) is 6.58. The molecule has 2 heterocycles. The molecular weight excluding hydrogens is 300 g/mol. The van der Waals surface area contributed by atoms with Crippen LogP contribution in [0.1, 0.15) is 11.1 Å². The molecule has 4 rings (SSSR count). The van der Waals surface area contributed by atoms with Crippen molar-refractivity contribution in [1.29, 1.82) is 0 Å². The number of aryl methyl sites for hydroxylation is 1. The monoisotopic (exact) mass is 324 g/mol. The smallest absolute Gasteiger partial charge is 0.161 e. The summed E-state index contributed by atoms with van der Waals surface area (Å²) in [6.07, 6.45) is 0. The summed E-state index contributed by atoms with van der Waals surface area (Å²) in [5.41, 5.74) is 3.96. The summed E-state index contributed by atoms with van der Waals surface area (Å²) >= 11 is 0. The highest BCUT2D eigenvalue weighted by Crippen LogP contribution is 2.31. The first kappa shape index (κ1) is 15.3. The first-order chi connectivity index (χ1) is 11.8. The highest BCUT2D eigenvalue weighted by molar-refractivity contribution is 5.49. The van der Waals surface area contributed by atoms with Crippen LogP contribution in [0.2, 0.25) is 0 Å². The van der Waals surface area contributed by atoms with Gasteiger partial charge in [0.15, 0.2) is 11.5 Å². The maximum Gasteiger partial charge on any atom is 0.161 e. The van der Waals surface area contributed by atoms with Crippen molar-refractivity contribution in [2.75, 3.05) is 44.3 Å². The van der Waals surface area contributed by atoms with Gasteiger partial charge in [-0.3, -0.25) is 4.90 Å². The number of ether oxygens (including phenoxy) is 2. The lowest BCUT2D eigenvalue weighted by atomic mass is 10.1. The van der Waals surface area contributed by atoms with E-state index in [1.807, 2.05) is 6.07 Å². The fourth-order valence-electron chi connectivity index (χ4n) is 3.43. The first-order valence-corrected chi connectivity index (χ1v) is 8.70. The second kappa shape index (κ2) is 6.73. The molecule has 0 unspecified atom stereocenters. The fraction of sp³-hybridized carbons (Fsp3) is 0.400. The quantitative estimate of drug-likeness (QED) is 0.866. The van der Waals surface area contributed by atoms with Crippen LogP contribution >= 0.6 is 0 Å². The average molecular weight is 324 g/mol. The van der Waals surface area contributed by atoms with E-state index in [1.54, 1.807) is 0 Å². The number of rotatable bonds is 3. The molecule has 0 amide bonds. The maximum atomic E-state index is 5.69. The summed E-state index contributed by atoms with van der Waals surface area (Å²) in [4.78, 5) is 4.99. The lowest BCUT2D eigenvalue weighted by Gasteiger charge is -2.36. The number of piperazine rings is 1. The van der Waals surface area contributed by atoms with Crippen molar-refractivity contribution in [3.63, 3.8) is 0 Å². The number of hydrogen-bond acceptors (Lipinski definition) is 4. The van der Waals surface area contributed by atoms with Crippen LogP contribution in [0.3, 0.4) is 0 Å². The molecule has 4 nitrogen and oxygen atoms in total. The van der Waals surface area contributed by atoms with Crippen LogP contribution in [0.15, 0.2) is 42.5 Å². The van der Waals surface area contributed by atoms with Gasteiger partial charge in [0.05, 0.1) is 0 Å². The van der Waals surface area contributed by atoms with Crippen molar-refractivity contribution >= 4 is 5.69 Å². The Bertz CT molecular complexity index is 709. The van der Waals surface area contributed by atoms with E-state index in [-0.39, 0.29) is 0 Å². The molecule has 0 bridgehead atoms. The number of benzene rings is 2. The molecule has 0 atom stereocenters. The standard InChI is InChI=1S/C20H24N2O2/c1-16-3-2-4-18(13-16)22-9-7-21(8-10-22)15-17-5-6-19-20(14-17)24-12-11-23-19/h2-6,13-14H,7-12,15H2,1H3. The largest absolute Gasteiger partial charge is 0.486 e. The van der Waals surface area contributed by atoms with E-state index in [2.05, 4.69) is 53.1 Å². The second-order valence-electron chi connectivity index (χ2n) is 6.58. The molecule has 4 heteroatoms. The van der Waals surface area contributed by atoms with Crippen LogP contribution in [0.5, 0.6) is 11.5 Å². The zero-order chi connectivity index (χ0) is 16.4. The molecule has 2 aliphatic heterocycles. The minimum atomic E-state index is 0.644. The first-order valence-electron chi connectivity index (χ1n) is 8.70. The van der Waals surface area contributed by atoms with Gasteiger partial charge in [0, 0.05) is 38.4 Å². The van der Waals surface area contributed by atoms with Gasteiger partial charge in [-0.15, -0.1) is 0 Å². The predicted octanol–water partition coefficient (Wildman–Crippen LogP) is 3.09. The molecule has 24 heavy (non-hydrogen) atoms. The molecule has 2 aromatic rings. The Morgan fingerprint density at radius 3 is 2.46 bits per heavy atom. The minimum Gasteiger partial charge on any atom is -0.486 e. The number of nitrogens with zero attached hydrogens (tertiary/aromatic N) is 2. The highest BCUT2D eigenvalue weighted by atomic mass is 16.6. The molecule has 0 spiro atoms. The molecule has 0 N–H and O–H groups in total. The lowest BCUT2D eigenvalue weighted by molar-refractivity contribution is 0.171. The molecule has 0 radical (unpaired) electrons. The topological polar surface area (TPSA) is 24.9 Å². The lowest BCUT2D eigenvalue weighted by Crippen LogP contribution is -2.46. The normalized spacial score (nSPS) is 17.8. The molecule has 1 fully saturated rings. The number of fused-ring (bicyclic) bond motifs is 1. The zero-order valence-corrected chi connectivity index (χ0v) is 14.2. The van der Waals surface area contributed by atoms with Crippen LogP contribution in [0.25, 0.3) is 0 Å². The third-order valence-corrected chi connectivity index (χ3v) is 4.75. The molecule has 0 aromatic heterocycles. The average Bonchev–Trinajstić information content (AvgIpc) is 2.62. The predicted molar refractivity (Wildman–Crippen MR) is 96.1 cm³/mol. The Hall–Kier alpha value is -2.20. The van der Waals surface area contributed by atoms with Crippen molar-refractivity contribution < 1.29 is 9.47 Å². The molecular formula is C20H24N2O2. The van der Waals surface area contributed by atoms with E-state index in [0.717, 1.165) is 44.2 Å². The van der Waals surface area contributed by atoms with Crippen LogP contribution < -0.4 is 14.4 Å². The van der Waals surface area contributed by atoms with Gasteiger partial charge in [0.1, 0.15) is 13.2 Å². The van der Waals surface area contributed by atoms with Gasteiger partial charge in [0.25, 0.3) is 0 Å². The number of anilines is 1. The van der Waals surface area contributed by atoms with Crippen molar-refractivity contribution in [3.05, 3.63) is 53.6 Å². The summed E-state index contributed by atoms with van der Waals surface area (Å²) in [6, 6.07) is 15.1. The third-order valence-electron chi connectivity index (χ3n) is 4.75. The van der Waals surface area contributed by atoms with E-state index < -0.39 is 0 Å². The molecule has 1 saturated heterocycles. The van der Waals surface area contributed by atoms with Gasteiger partial charge >= 0.3 is 0 Å². The van der Waals surface area contributed by atoms with Gasteiger partial charge < -0.3 is 14.4 Å². The molecule has 0 aliphatic carbocycles. The van der Waals surface area contributed by atoms with E-state index in [1.165, 1.54) is 16.8 Å². The fourth-order valence-corrected chi connectivity index (χ4v) is 3.43. The minimum absolute atomic E-state index is 0.644. The summed E-state index contributed by atoms with van der Waals surface area (Å²) in [7, 11) is 0. The molecule has 126 valence electrons. The van der Waals surface area contributed by atoms with Crippen LogP contribution in [-0.2, 0) is 6.54 Å². The molecule has 2 aliphatic rings. The Balaban J connectivity index is 1.36. The van der Waals surface area contributed by atoms with E-state index in [4.69, 9.17) is 9.47 Å². The van der Waals surface area contributed by atoms with Gasteiger partial charge in [-0.05, 0) is 42.3 Å². The van der Waals surface area contributed by atoms with Crippen LogP contribution in [0, 0.1) is 6.92 Å². The zero-order valence-electron chi connectivity index (χ0n) is 14.2.